The zero-order chi connectivity index (χ0) is 16.3. The summed E-state index contributed by atoms with van der Waals surface area (Å²) in [6.45, 7) is 5.17. The van der Waals surface area contributed by atoms with Crippen molar-refractivity contribution < 1.29 is 13.2 Å². The highest BCUT2D eigenvalue weighted by Gasteiger charge is 2.37. The Hall–Kier alpha value is -1.11. The van der Waals surface area contributed by atoms with Gasteiger partial charge >= 0.3 is 0 Å². The molecule has 0 unspecified atom stereocenters. The van der Waals surface area contributed by atoms with Crippen LogP contribution in [-0.2, 0) is 10.2 Å². The van der Waals surface area contributed by atoms with Gasteiger partial charge in [0.05, 0.1) is 13.2 Å². The average Bonchev–Trinajstić information content (AvgIpc) is 2.96. The molecule has 1 aliphatic rings. The van der Waals surface area contributed by atoms with Crippen molar-refractivity contribution in [3.63, 3.8) is 0 Å². The lowest BCUT2D eigenvalue weighted by molar-refractivity contribution is 0.333. The van der Waals surface area contributed by atoms with E-state index < -0.39 is 10.2 Å². The van der Waals surface area contributed by atoms with Gasteiger partial charge in [0.25, 0.3) is 10.2 Å². The molecule has 5 nitrogen and oxygen atoms in total. The van der Waals surface area contributed by atoms with E-state index in [1.807, 2.05) is 38.1 Å². The van der Waals surface area contributed by atoms with Gasteiger partial charge in [0, 0.05) is 20.1 Å². The molecule has 124 valence electrons. The molecule has 0 aliphatic carbocycles. The van der Waals surface area contributed by atoms with Gasteiger partial charge in [-0.25, -0.2) is 0 Å². The third-order valence-electron chi connectivity index (χ3n) is 4.02. The molecular weight excluding hydrogens is 300 g/mol. The van der Waals surface area contributed by atoms with E-state index >= 15 is 0 Å². The van der Waals surface area contributed by atoms with Gasteiger partial charge in [-0.2, -0.15) is 17.0 Å². The molecule has 0 aromatic heterocycles. The van der Waals surface area contributed by atoms with Crippen molar-refractivity contribution in [2.75, 3.05) is 27.2 Å². The quantitative estimate of drug-likeness (QED) is 0.807. The standard InChI is InChI=1S/C16H26N2O3S/c1-13(2)12-17(3)22(19,20)18-11-5-6-16(18)14-7-9-15(21-4)10-8-14/h7-10,13,16H,5-6,11-12H2,1-4H3/t16-/m0/s1. The first-order valence-corrected chi connectivity index (χ1v) is 9.13. The van der Waals surface area contributed by atoms with E-state index in [1.54, 1.807) is 18.5 Å². The second kappa shape index (κ2) is 6.98. The molecule has 2 rings (SSSR count). The molecule has 0 amide bonds. The summed E-state index contributed by atoms with van der Waals surface area (Å²) in [5.41, 5.74) is 1.03. The second-order valence-corrected chi connectivity index (χ2v) is 8.21. The van der Waals surface area contributed by atoms with Crippen LogP contribution in [0.15, 0.2) is 24.3 Å². The number of rotatable bonds is 6. The summed E-state index contributed by atoms with van der Waals surface area (Å²) >= 11 is 0. The maximum Gasteiger partial charge on any atom is 0.282 e. The average molecular weight is 326 g/mol. The van der Waals surface area contributed by atoms with E-state index in [9.17, 15) is 8.42 Å². The largest absolute Gasteiger partial charge is 0.497 e. The Morgan fingerprint density at radius 2 is 1.95 bits per heavy atom. The summed E-state index contributed by atoms with van der Waals surface area (Å²) in [7, 11) is -0.119. The maximum absolute atomic E-state index is 12.8. The SMILES string of the molecule is COc1ccc([C@@H]2CCCN2S(=O)(=O)N(C)CC(C)C)cc1. The minimum Gasteiger partial charge on any atom is -0.497 e. The normalized spacial score (nSPS) is 20.0. The molecule has 0 saturated carbocycles. The topological polar surface area (TPSA) is 49.9 Å². The Bertz CT molecular complexity index is 584. The summed E-state index contributed by atoms with van der Waals surface area (Å²) in [6, 6.07) is 7.61. The van der Waals surface area contributed by atoms with E-state index in [0.29, 0.717) is 19.0 Å². The van der Waals surface area contributed by atoms with Gasteiger partial charge in [0.2, 0.25) is 0 Å². The Balaban J connectivity index is 2.22. The Labute approximate surface area is 134 Å². The zero-order valence-corrected chi connectivity index (χ0v) is 14.6. The molecule has 22 heavy (non-hydrogen) atoms. The number of nitrogens with zero attached hydrogens (tertiary/aromatic N) is 2. The summed E-state index contributed by atoms with van der Waals surface area (Å²) < 4.78 is 33.9. The summed E-state index contributed by atoms with van der Waals surface area (Å²) in [5, 5.41) is 0. The van der Waals surface area contributed by atoms with Crippen molar-refractivity contribution in [3.05, 3.63) is 29.8 Å². The third kappa shape index (κ3) is 3.62. The van der Waals surface area contributed by atoms with Crippen LogP contribution >= 0.6 is 0 Å². The van der Waals surface area contributed by atoms with Crippen LogP contribution in [0.2, 0.25) is 0 Å². The summed E-state index contributed by atoms with van der Waals surface area (Å²) in [5.74, 6) is 1.09. The van der Waals surface area contributed by atoms with E-state index in [0.717, 1.165) is 24.2 Å². The van der Waals surface area contributed by atoms with E-state index in [-0.39, 0.29) is 6.04 Å². The first kappa shape index (κ1) is 17.2. The second-order valence-electron chi connectivity index (χ2n) is 6.22. The fraction of sp³-hybridized carbons (Fsp3) is 0.625. The van der Waals surface area contributed by atoms with Crippen LogP contribution in [0.25, 0.3) is 0 Å². The molecule has 1 atom stereocenters. The maximum atomic E-state index is 12.8. The van der Waals surface area contributed by atoms with Crippen LogP contribution in [0.3, 0.4) is 0 Å². The van der Waals surface area contributed by atoms with Gasteiger partial charge in [0.1, 0.15) is 5.75 Å². The molecule has 1 aromatic carbocycles. The van der Waals surface area contributed by atoms with E-state index in [2.05, 4.69) is 0 Å². The minimum atomic E-state index is -3.41. The molecule has 1 heterocycles. The Morgan fingerprint density at radius 3 is 2.50 bits per heavy atom. The highest BCUT2D eigenvalue weighted by atomic mass is 32.2. The number of hydrogen-bond acceptors (Lipinski definition) is 3. The molecule has 1 aliphatic heterocycles. The van der Waals surface area contributed by atoms with Crippen molar-refractivity contribution >= 4 is 10.2 Å². The first-order valence-electron chi connectivity index (χ1n) is 7.73. The predicted molar refractivity (Wildman–Crippen MR) is 88.1 cm³/mol. The van der Waals surface area contributed by atoms with Crippen molar-refractivity contribution in [3.8, 4) is 5.75 Å². The number of ether oxygens (including phenoxy) is 1. The van der Waals surface area contributed by atoms with Crippen LogP contribution < -0.4 is 4.74 Å². The lowest BCUT2D eigenvalue weighted by Crippen LogP contribution is -2.42. The number of hydrogen-bond donors (Lipinski definition) is 0. The van der Waals surface area contributed by atoms with Gasteiger partial charge in [0.15, 0.2) is 0 Å². The lowest BCUT2D eigenvalue weighted by Gasteiger charge is -2.30. The smallest absolute Gasteiger partial charge is 0.282 e. The molecule has 1 saturated heterocycles. The van der Waals surface area contributed by atoms with Crippen molar-refractivity contribution in [2.24, 2.45) is 5.92 Å². The van der Waals surface area contributed by atoms with Gasteiger partial charge in [-0.3, -0.25) is 0 Å². The molecule has 0 bridgehead atoms. The van der Waals surface area contributed by atoms with Crippen LogP contribution in [0.1, 0.15) is 38.3 Å². The first-order chi connectivity index (χ1) is 10.4. The lowest BCUT2D eigenvalue weighted by atomic mass is 10.1. The molecule has 0 radical (unpaired) electrons. The minimum absolute atomic E-state index is 0.0782. The Morgan fingerprint density at radius 1 is 1.32 bits per heavy atom. The number of methoxy groups -OCH3 is 1. The van der Waals surface area contributed by atoms with Crippen molar-refractivity contribution in [1.82, 2.24) is 8.61 Å². The van der Waals surface area contributed by atoms with Crippen LogP contribution in [-0.4, -0.2) is 44.3 Å². The van der Waals surface area contributed by atoms with Gasteiger partial charge < -0.3 is 4.74 Å². The van der Waals surface area contributed by atoms with Crippen LogP contribution in [0.5, 0.6) is 5.75 Å². The van der Waals surface area contributed by atoms with Crippen LogP contribution in [0.4, 0.5) is 0 Å². The summed E-state index contributed by atoms with van der Waals surface area (Å²) in [4.78, 5) is 0. The molecule has 1 fully saturated rings. The fourth-order valence-electron chi connectivity index (χ4n) is 2.96. The van der Waals surface area contributed by atoms with E-state index in [4.69, 9.17) is 4.74 Å². The van der Waals surface area contributed by atoms with Crippen LogP contribution in [0, 0.1) is 5.92 Å². The van der Waals surface area contributed by atoms with E-state index in [1.165, 1.54) is 4.31 Å². The molecular formula is C16H26N2O3S. The summed E-state index contributed by atoms with van der Waals surface area (Å²) in [6.07, 6.45) is 1.76. The number of benzene rings is 1. The van der Waals surface area contributed by atoms with Crippen molar-refractivity contribution in [2.45, 2.75) is 32.7 Å². The molecule has 0 N–H and O–H groups in total. The van der Waals surface area contributed by atoms with Gasteiger partial charge in [-0.05, 0) is 36.5 Å². The zero-order valence-electron chi connectivity index (χ0n) is 13.8. The molecule has 6 heteroatoms. The van der Waals surface area contributed by atoms with Gasteiger partial charge in [-0.15, -0.1) is 0 Å². The predicted octanol–water partition coefficient (Wildman–Crippen LogP) is 2.66. The van der Waals surface area contributed by atoms with Crippen molar-refractivity contribution in [1.29, 1.82) is 0 Å². The highest BCUT2D eigenvalue weighted by molar-refractivity contribution is 7.86. The fourth-order valence-corrected chi connectivity index (χ4v) is 4.72. The third-order valence-corrected chi connectivity index (χ3v) is 5.98. The highest BCUT2D eigenvalue weighted by Crippen LogP contribution is 2.35. The Kier molecular flexibility index (Phi) is 5.47. The monoisotopic (exact) mass is 326 g/mol. The van der Waals surface area contributed by atoms with Gasteiger partial charge in [-0.1, -0.05) is 26.0 Å². The molecule has 0 spiro atoms. The molecule has 1 aromatic rings.